The monoisotopic (exact) mass is 276 g/mol. The van der Waals surface area contributed by atoms with E-state index in [0.717, 1.165) is 6.61 Å². The average molecular weight is 276 g/mol. The maximum atomic E-state index is 5.33. The van der Waals surface area contributed by atoms with Crippen LogP contribution in [0, 0.1) is 0 Å². The van der Waals surface area contributed by atoms with Gasteiger partial charge in [0.2, 0.25) is 0 Å². The standard InChI is InChI=1S/C13H24O6/c1-2-14-3-4-15-5-6-16-7-8-17-9-10-18-11-13-12-19-13/h2,13H,1,3-12H2. The third-order valence-electron chi connectivity index (χ3n) is 2.29. The van der Waals surface area contributed by atoms with Gasteiger partial charge in [-0.2, -0.15) is 0 Å². The summed E-state index contributed by atoms with van der Waals surface area (Å²) >= 11 is 0. The molecule has 0 aromatic rings. The van der Waals surface area contributed by atoms with E-state index in [1.807, 2.05) is 0 Å². The van der Waals surface area contributed by atoms with Gasteiger partial charge in [0.05, 0.1) is 65.7 Å². The Morgan fingerprint density at radius 2 is 1.32 bits per heavy atom. The van der Waals surface area contributed by atoms with Crippen LogP contribution in [-0.2, 0) is 28.4 Å². The Kier molecular flexibility index (Phi) is 10.7. The van der Waals surface area contributed by atoms with Crippen molar-refractivity contribution in [1.29, 1.82) is 0 Å². The van der Waals surface area contributed by atoms with Gasteiger partial charge in [0.25, 0.3) is 0 Å². The molecule has 1 fully saturated rings. The summed E-state index contributed by atoms with van der Waals surface area (Å²) in [6.45, 7) is 9.47. The van der Waals surface area contributed by atoms with E-state index in [0.29, 0.717) is 65.6 Å². The predicted octanol–water partition coefficient (Wildman–Crippen LogP) is 0.612. The van der Waals surface area contributed by atoms with E-state index in [9.17, 15) is 0 Å². The van der Waals surface area contributed by atoms with Crippen LogP contribution in [-0.4, -0.2) is 72.2 Å². The van der Waals surface area contributed by atoms with Crippen LogP contribution >= 0.6 is 0 Å². The lowest BCUT2D eigenvalue weighted by molar-refractivity contribution is -0.00725. The van der Waals surface area contributed by atoms with E-state index in [-0.39, 0.29) is 0 Å². The molecule has 1 aliphatic heterocycles. The van der Waals surface area contributed by atoms with Crippen molar-refractivity contribution < 1.29 is 28.4 Å². The second-order valence-electron chi connectivity index (χ2n) is 3.90. The van der Waals surface area contributed by atoms with Gasteiger partial charge in [0, 0.05) is 0 Å². The summed E-state index contributed by atoms with van der Waals surface area (Å²) < 4.78 is 31.1. The van der Waals surface area contributed by atoms with Crippen molar-refractivity contribution >= 4 is 0 Å². The quantitative estimate of drug-likeness (QED) is 0.248. The van der Waals surface area contributed by atoms with E-state index >= 15 is 0 Å². The molecule has 0 bridgehead atoms. The highest BCUT2D eigenvalue weighted by atomic mass is 16.6. The maximum absolute atomic E-state index is 5.33. The van der Waals surface area contributed by atoms with Crippen molar-refractivity contribution in [3.8, 4) is 0 Å². The molecule has 1 unspecified atom stereocenters. The second kappa shape index (κ2) is 12.4. The molecular weight excluding hydrogens is 252 g/mol. The van der Waals surface area contributed by atoms with Gasteiger partial charge in [-0.15, -0.1) is 0 Å². The molecule has 1 rings (SSSR count). The van der Waals surface area contributed by atoms with Crippen LogP contribution in [0.15, 0.2) is 12.8 Å². The van der Waals surface area contributed by atoms with Crippen LogP contribution in [0.4, 0.5) is 0 Å². The highest BCUT2D eigenvalue weighted by Gasteiger charge is 2.21. The molecule has 6 nitrogen and oxygen atoms in total. The fourth-order valence-corrected chi connectivity index (χ4v) is 1.23. The second-order valence-corrected chi connectivity index (χ2v) is 3.90. The molecule has 6 heteroatoms. The van der Waals surface area contributed by atoms with Gasteiger partial charge < -0.3 is 28.4 Å². The van der Waals surface area contributed by atoms with Crippen LogP contribution < -0.4 is 0 Å². The Balaban J connectivity index is 1.61. The number of rotatable bonds is 15. The smallest absolute Gasteiger partial charge is 0.111 e. The topological polar surface area (TPSA) is 58.7 Å². The zero-order valence-corrected chi connectivity index (χ0v) is 11.4. The summed E-state index contributed by atoms with van der Waals surface area (Å²) in [6.07, 6.45) is 1.72. The zero-order valence-electron chi connectivity index (χ0n) is 11.4. The molecule has 19 heavy (non-hydrogen) atoms. The molecule has 1 aliphatic rings. The highest BCUT2D eigenvalue weighted by Crippen LogP contribution is 2.07. The van der Waals surface area contributed by atoms with Gasteiger partial charge >= 0.3 is 0 Å². The highest BCUT2D eigenvalue weighted by molar-refractivity contribution is 4.66. The fourth-order valence-electron chi connectivity index (χ4n) is 1.23. The molecule has 0 spiro atoms. The molecule has 1 saturated heterocycles. The van der Waals surface area contributed by atoms with Crippen LogP contribution in [0.3, 0.4) is 0 Å². The Hall–Kier alpha value is -0.660. The largest absolute Gasteiger partial charge is 0.499 e. The van der Waals surface area contributed by atoms with Gasteiger partial charge in [0.15, 0.2) is 0 Å². The van der Waals surface area contributed by atoms with E-state index in [4.69, 9.17) is 28.4 Å². The predicted molar refractivity (Wildman–Crippen MR) is 69.2 cm³/mol. The van der Waals surface area contributed by atoms with Gasteiger partial charge in [-0.25, -0.2) is 0 Å². The van der Waals surface area contributed by atoms with Gasteiger partial charge in [-0.3, -0.25) is 0 Å². The lowest BCUT2D eigenvalue weighted by Gasteiger charge is -2.07. The van der Waals surface area contributed by atoms with Crippen molar-refractivity contribution in [2.75, 3.05) is 66.1 Å². The van der Waals surface area contributed by atoms with Gasteiger partial charge in [0.1, 0.15) is 12.7 Å². The summed E-state index contributed by atoms with van der Waals surface area (Å²) in [5.74, 6) is 0. The Labute approximate surface area is 114 Å². The van der Waals surface area contributed by atoms with E-state index in [2.05, 4.69) is 6.58 Å². The number of hydrogen-bond acceptors (Lipinski definition) is 6. The van der Waals surface area contributed by atoms with Crippen LogP contribution in [0.1, 0.15) is 0 Å². The first-order valence-corrected chi connectivity index (χ1v) is 6.58. The summed E-state index contributed by atoms with van der Waals surface area (Å²) in [4.78, 5) is 0. The molecule has 0 N–H and O–H groups in total. The summed E-state index contributed by atoms with van der Waals surface area (Å²) in [6, 6.07) is 0. The van der Waals surface area contributed by atoms with Crippen LogP contribution in [0.25, 0.3) is 0 Å². The molecule has 112 valence electrons. The molecule has 1 heterocycles. The first-order valence-electron chi connectivity index (χ1n) is 6.58. The van der Waals surface area contributed by atoms with Crippen molar-refractivity contribution in [3.63, 3.8) is 0 Å². The molecule has 0 aromatic heterocycles. The molecule has 0 amide bonds. The Bertz CT molecular complexity index is 207. The molecule has 1 atom stereocenters. The average Bonchev–Trinajstić information content (AvgIpc) is 3.23. The summed E-state index contributed by atoms with van der Waals surface area (Å²) in [7, 11) is 0. The van der Waals surface area contributed by atoms with E-state index < -0.39 is 0 Å². The lowest BCUT2D eigenvalue weighted by Crippen LogP contribution is -2.13. The molecule has 0 saturated carbocycles. The third-order valence-corrected chi connectivity index (χ3v) is 2.29. The van der Waals surface area contributed by atoms with Crippen molar-refractivity contribution in [3.05, 3.63) is 12.8 Å². The SMILES string of the molecule is C=COCCOCCOCCOCCOCC1CO1. The normalized spacial score (nSPS) is 17.4. The van der Waals surface area contributed by atoms with Crippen LogP contribution in [0.2, 0.25) is 0 Å². The molecular formula is C13H24O6. The third kappa shape index (κ3) is 12.1. The summed E-state index contributed by atoms with van der Waals surface area (Å²) in [5, 5.41) is 0. The van der Waals surface area contributed by atoms with Crippen molar-refractivity contribution in [1.82, 2.24) is 0 Å². The molecule has 0 aromatic carbocycles. The first kappa shape index (κ1) is 16.4. The van der Waals surface area contributed by atoms with Crippen molar-refractivity contribution in [2.45, 2.75) is 6.10 Å². The first-order chi connectivity index (χ1) is 9.43. The van der Waals surface area contributed by atoms with Gasteiger partial charge in [-0.1, -0.05) is 6.58 Å². The van der Waals surface area contributed by atoms with Crippen molar-refractivity contribution in [2.24, 2.45) is 0 Å². The Morgan fingerprint density at radius 3 is 1.79 bits per heavy atom. The van der Waals surface area contributed by atoms with Gasteiger partial charge in [-0.05, 0) is 0 Å². The van der Waals surface area contributed by atoms with E-state index in [1.54, 1.807) is 0 Å². The summed E-state index contributed by atoms with van der Waals surface area (Å²) in [5.41, 5.74) is 0. The maximum Gasteiger partial charge on any atom is 0.111 e. The molecule has 0 radical (unpaired) electrons. The zero-order chi connectivity index (χ0) is 13.6. The fraction of sp³-hybridized carbons (Fsp3) is 0.846. The molecule has 0 aliphatic carbocycles. The Morgan fingerprint density at radius 1 is 0.842 bits per heavy atom. The number of epoxide rings is 1. The minimum atomic E-state index is 0.320. The number of hydrogen-bond donors (Lipinski definition) is 0. The van der Waals surface area contributed by atoms with Crippen LogP contribution in [0.5, 0.6) is 0 Å². The minimum Gasteiger partial charge on any atom is -0.499 e. The minimum absolute atomic E-state index is 0.320. The van der Waals surface area contributed by atoms with E-state index in [1.165, 1.54) is 6.26 Å². The lowest BCUT2D eigenvalue weighted by atomic mass is 10.5. The number of ether oxygens (including phenoxy) is 6.